The van der Waals surface area contributed by atoms with Crippen LogP contribution in [0, 0.1) is 5.92 Å². The third kappa shape index (κ3) is 7.75. The maximum absolute atomic E-state index is 10.3. The van der Waals surface area contributed by atoms with Crippen molar-refractivity contribution in [1.82, 2.24) is 4.90 Å². The summed E-state index contributed by atoms with van der Waals surface area (Å²) in [5.74, 6) is 2.14. The third-order valence-corrected chi connectivity index (χ3v) is 5.90. The minimum atomic E-state index is -0.444. The number of β-amino-alcohol motifs (C(OH)–C–C–N with tert-alkyl or cyclic N) is 1. The van der Waals surface area contributed by atoms with Gasteiger partial charge in [-0.2, -0.15) is 0 Å². The standard InChI is InChI=1S/C26H37NO3/c1-21(2)24-8-10-26(11-9-24)30-17-16-29-20-25(28)19-27-14-12-23(13-15-27)18-22-6-4-3-5-7-22/h3-11,21,23,25,28H,12-20H2,1-2H3/t25-/m1/s1. The molecular weight excluding hydrogens is 374 g/mol. The fourth-order valence-corrected chi connectivity index (χ4v) is 4.06. The van der Waals surface area contributed by atoms with E-state index in [9.17, 15) is 5.11 Å². The van der Waals surface area contributed by atoms with E-state index < -0.39 is 6.10 Å². The summed E-state index contributed by atoms with van der Waals surface area (Å²) < 4.78 is 11.3. The molecule has 0 radical (unpaired) electrons. The number of hydrogen-bond acceptors (Lipinski definition) is 4. The number of piperidine rings is 1. The normalized spacial score (nSPS) is 16.7. The largest absolute Gasteiger partial charge is 0.491 e. The van der Waals surface area contributed by atoms with E-state index in [1.54, 1.807) is 0 Å². The van der Waals surface area contributed by atoms with E-state index in [0.29, 0.717) is 32.3 Å². The number of nitrogens with zero attached hydrogens (tertiary/aromatic N) is 1. The Labute approximate surface area is 181 Å². The van der Waals surface area contributed by atoms with Crippen LogP contribution in [0.1, 0.15) is 43.7 Å². The zero-order chi connectivity index (χ0) is 21.2. The first kappa shape index (κ1) is 22.8. The van der Waals surface area contributed by atoms with Gasteiger partial charge >= 0.3 is 0 Å². The van der Waals surface area contributed by atoms with Crippen LogP contribution in [0.15, 0.2) is 54.6 Å². The molecule has 1 heterocycles. The number of rotatable bonds is 11. The molecule has 30 heavy (non-hydrogen) atoms. The predicted octanol–water partition coefficient (Wildman–Crippen LogP) is 4.52. The second-order valence-electron chi connectivity index (χ2n) is 8.73. The second-order valence-corrected chi connectivity index (χ2v) is 8.73. The van der Waals surface area contributed by atoms with Crippen LogP contribution in [0.25, 0.3) is 0 Å². The van der Waals surface area contributed by atoms with Gasteiger partial charge in [-0.1, -0.05) is 56.3 Å². The van der Waals surface area contributed by atoms with Crippen molar-refractivity contribution in [2.45, 2.75) is 45.1 Å². The van der Waals surface area contributed by atoms with Gasteiger partial charge in [0.2, 0.25) is 0 Å². The summed E-state index contributed by atoms with van der Waals surface area (Å²) in [4.78, 5) is 2.36. The lowest BCUT2D eigenvalue weighted by atomic mass is 9.90. The lowest BCUT2D eigenvalue weighted by Crippen LogP contribution is -2.40. The van der Waals surface area contributed by atoms with Crippen LogP contribution in [0.5, 0.6) is 5.75 Å². The zero-order valence-corrected chi connectivity index (χ0v) is 18.5. The van der Waals surface area contributed by atoms with Crippen molar-refractivity contribution in [1.29, 1.82) is 0 Å². The average molecular weight is 412 g/mol. The molecule has 164 valence electrons. The van der Waals surface area contributed by atoms with E-state index in [4.69, 9.17) is 9.47 Å². The monoisotopic (exact) mass is 411 g/mol. The molecule has 1 saturated heterocycles. The summed E-state index contributed by atoms with van der Waals surface area (Å²) in [7, 11) is 0. The van der Waals surface area contributed by atoms with Crippen LogP contribution in [-0.2, 0) is 11.2 Å². The summed E-state index contributed by atoms with van der Waals surface area (Å²) in [5.41, 5.74) is 2.74. The van der Waals surface area contributed by atoms with Crippen LogP contribution in [0.3, 0.4) is 0 Å². The molecular formula is C26H37NO3. The van der Waals surface area contributed by atoms with Crippen molar-refractivity contribution in [3.05, 3.63) is 65.7 Å². The number of aliphatic hydroxyl groups excluding tert-OH is 1. The Bertz CT molecular complexity index is 709. The summed E-state index contributed by atoms with van der Waals surface area (Å²) in [6, 6.07) is 19.0. The van der Waals surface area contributed by atoms with Crippen LogP contribution in [0.4, 0.5) is 0 Å². The third-order valence-electron chi connectivity index (χ3n) is 5.90. The van der Waals surface area contributed by atoms with Gasteiger partial charge in [0.05, 0.1) is 19.3 Å². The van der Waals surface area contributed by atoms with E-state index in [1.807, 2.05) is 12.1 Å². The summed E-state index contributed by atoms with van der Waals surface area (Å²) in [5, 5.41) is 10.3. The van der Waals surface area contributed by atoms with E-state index >= 15 is 0 Å². The minimum Gasteiger partial charge on any atom is -0.491 e. The smallest absolute Gasteiger partial charge is 0.119 e. The van der Waals surface area contributed by atoms with E-state index in [1.165, 1.54) is 30.4 Å². The SMILES string of the molecule is CC(C)c1ccc(OCCOC[C@H](O)CN2CCC(Cc3ccccc3)CC2)cc1. The molecule has 1 fully saturated rings. The quantitative estimate of drug-likeness (QED) is 0.552. The highest BCUT2D eigenvalue weighted by Gasteiger charge is 2.21. The van der Waals surface area contributed by atoms with Crippen molar-refractivity contribution < 1.29 is 14.6 Å². The van der Waals surface area contributed by atoms with Gasteiger partial charge in [0.15, 0.2) is 0 Å². The minimum absolute atomic E-state index is 0.361. The van der Waals surface area contributed by atoms with Gasteiger partial charge in [-0.25, -0.2) is 0 Å². The molecule has 1 aliphatic rings. The topological polar surface area (TPSA) is 41.9 Å². The average Bonchev–Trinajstić information content (AvgIpc) is 2.76. The van der Waals surface area contributed by atoms with E-state index in [-0.39, 0.29) is 0 Å². The van der Waals surface area contributed by atoms with Gasteiger partial charge in [-0.3, -0.25) is 0 Å². The summed E-state index contributed by atoms with van der Waals surface area (Å²) in [6.07, 6.45) is 3.12. The highest BCUT2D eigenvalue weighted by atomic mass is 16.5. The number of ether oxygens (including phenoxy) is 2. The Balaban J connectivity index is 1.24. The lowest BCUT2D eigenvalue weighted by molar-refractivity contribution is 0.00291. The molecule has 2 aromatic rings. The van der Waals surface area contributed by atoms with Crippen LogP contribution >= 0.6 is 0 Å². The molecule has 1 aliphatic heterocycles. The Hall–Kier alpha value is -1.88. The van der Waals surface area contributed by atoms with Gasteiger partial charge in [-0.15, -0.1) is 0 Å². The molecule has 0 saturated carbocycles. The van der Waals surface area contributed by atoms with Crippen molar-refractivity contribution in [2.75, 3.05) is 39.5 Å². The summed E-state index contributed by atoms with van der Waals surface area (Å²) in [6.45, 7) is 8.52. The van der Waals surface area contributed by atoms with Crippen LogP contribution in [0.2, 0.25) is 0 Å². The van der Waals surface area contributed by atoms with Gasteiger partial charge in [0.1, 0.15) is 12.4 Å². The van der Waals surface area contributed by atoms with Crippen molar-refractivity contribution in [3.8, 4) is 5.75 Å². The first-order chi connectivity index (χ1) is 14.6. The van der Waals surface area contributed by atoms with Gasteiger partial charge < -0.3 is 19.5 Å². The first-order valence-electron chi connectivity index (χ1n) is 11.3. The fourth-order valence-electron chi connectivity index (χ4n) is 4.06. The molecule has 0 amide bonds. The number of benzene rings is 2. The molecule has 0 aromatic heterocycles. The Morgan fingerprint density at radius 3 is 2.33 bits per heavy atom. The number of likely N-dealkylation sites (tertiary alicyclic amines) is 1. The summed E-state index contributed by atoms with van der Waals surface area (Å²) >= 11 is 0. The lowest BCUT2D eigenvalue weighted by Gasteiger charge is -2.33. The molecule has 1 N–H and O–H groups in total. The number of hydrogen-bond donors (Lipinski definition) is 1. The molecule has 4 nitrogen and oxygen atoms in total. The second kappa shape index (κ2) is 12.1. The predicted molar refractivity (Wildman–Crippen MR) is 122 cm³/mol. The van der Waals surface area contributed by atoms with Gasteiger partial charge in [0, 0.05) is 6.54 Å². The highest BCUT2D eigenvalue weighted by molar-refractivity contribution is 5.28. The molecule has 4 heteroatoms. The number of aliphatic hydroxyl groups is 1. The van der Waals surface area contributed by atoms with Crippen LogP contribution < -0.4 is 4.74 Å². The maximum Gasteiger partial charge on any atom is 0.119 e. The highest BCUT2D eigenvalue weighted by Crippen LogP contribution is 2.22. The first-order valence-corrected chi connectivity index (χ1v) is 11.3. The van der Waals surface area contributed by atoms with Crippen molar-refractivity contribution in [3.63, 3.8) is 0 Å². The molecule has 3 rings (SSSR count). The van der Waals surface area contributed by atoms with Gasteiger partial charge in [0.25, 0.3) is 0 Å². The maximum atomic E-state index is 10.3. The van der Waals surface area contributed by atoms with Crippen molar-refractivity contribution in [2.24, 2.45) is 5.92 Å². The molecule has 0 aliphatic carbocycles. The Morgan fingerprint density at radius 1 is 0.967 bits per heavy atom. The van der Waals surface area contributed by atoms with E-state index in [2.05, 4.69) is 61.2 Å². The molecule has 2 aromatic carbocycles. The fraction of sp³-hybridized carbons (Fsp3) is 0.538. The molecule has 0 spiro atoms. The van der Waals surface area contributed by atoms with Crippen molar-refractivity contribution >= 4 is 0 Å². The molecule has 1 atom stereocenters. The van der Waals surface area contributed by atoms with Crippen LogP contribution in [-0.4, -0.2) is 55.6 Å². The molecule has 0 bridgehead atoms. The van der Waals surface area contributed by atoms with E-state index in [0.717, 1.165) is 24.8 Å². The Morgan fingerprint density at radius 2 is 1.67 bits per heavy atom. The Kier molecular flexibility index (Phi) is 9.19. The molecule has 0 unspecified atom stereocenters. The van der Waals surface area contributed by atoms with Gasteiger partial charge in [-0.05, 0) is 67.4 Å². The zero-order valence-electron chi connectivity index (χ0n) is 18.5.